The summed E-state index contributed by atoms with van der Waals surface area (Å²) in [6, 6.07) is 0. The van der Waals surface area contributed by atoms with E-state index in [1.54, 1.807) is 14.0 Å². The summed E-state index contributed by atoms with van der Waals surface area (Å²) in [7, 11) is 1.60. The molecule has 0 rings (SSSR count). The van der Waals surface area contributed by atoms with Crippen molar-refractivity contribution in [3.8, 4) is 0 Å². The molecule has 0 aliphatic carbocycles. The molecule has 0 aromatic heterocycles. The molecule has 0 aromatic rings. The van der Waals surface area contributed by atoms with Gasteiger partial charge in [0.05, 0.1) is 6.17 Å². The summed E-state index contributed by atoms with van der Waals surface area (Å²) >= 11 is 0. The van der Waals surface area contributed by atoms with E-state index >= 15 is 0 Å². The van der Waals surface area contributed by atoms with E-state index in [-0.39, 0.29) is 12.3 Å². The molecular formula is C7H14N2O2. The van der Waals surface area contributed by atoms with Gasteiger partial charge in [-0.2, -0.15) is 0 Å². The molecule has 0 saturated heterocycles. The number of nitrogens with zero attached hydrogens (tertiary/aromatic N) is 1. The predicted molar refractivity (Wildman–Crippen MR) is 41.7 cm³/mol. The van der Waals surface area contributed by atoms with Crippen LogP contribution < -0.4 is 5.73 Å². The number of amides is 1. The highest BCUT2D eigenvalue weighted by Crippen LogP contribution is 1.95. The number of hydrogen-bond donors (Lipinski definition) is 1. The molecule has 4 nitrogen and oxygen atoms in total. The van der Waals surface area contributed by atoms with Crippen LogP contribution in [0.3, 0.4) is 0 Å². The van der Waals surface area contributed by atoms with Gasteiger partial charge >= 0.3 is 0 Å². The Morgan fingerprint density at radius 1 is 1.73 bits per heavy atom. The van der Waals surface area contributed by atoms with E-state index in [0.717, 1.165) is 0 Å². The molecule has 0 saturated carbocycles. The predicted octanol–water partition coefficient (Wildman–Crippen LogP) is -0.271. The molecular weight excluding hydrogens is 144 g/mol. The second-order valence-electron chi connectivity index (χ2n) is 2.33. The molecule has 1 amide bonds. The standard InChI is InChI=1S/C7H14N2O2/c1-3-7(11)9(2)6(8)4-5-10/h5-6H,3-4,8H2,1-2H3/t6-/m1/s1. The average Bonchev–Trinajstić information content (AvgIpc) is 2.02. The van der Waals surface area contributed by atoms with Gasteiger partial charge in [-0.15, -0.1) is 0 Å². The van der Waals surface area contributed by atoms with Gasteiger partial charge < -0.3 is 15.4 Å². The first-order valence-electron chi connectivity index (χ1n) is 3.58. The van der Waals surface area contributed by atoms with Crippen LogP contribution >= 0.6 is 0 Å². The van der Waals surface area contributed by atoms with Crippen molar-refractivity contribution in [2.75, 3.05) is 7.05 Å². The van der Waals surface area contributed by atoms with Crippen LogP contribution in [0.15, 0.2) is 0 Å². The van der Waals surface area contributed by atoms with E-state index in [0.29, 0.717) is 12.7 Å². The molecule has 0 unspecified atom stereocenters. The fourth-order valence-electron chi connectivity index (χ4n) is 0.691. The van der Waals surface area contributed by atoms with Crippen molar-refractivity contribution < 1.29 is 9.59 Å². The summed E-state index contributed by atoms with van der Waals surface area (Å²) in [6.07, 6.45) is 0.857. The highest BCUT2D eigenvalue weighted by atomic mass is 16.2. The Labute approximate surface area is 66.4 Å². The zero-order valence-electron chi connectivity index (χ0n) is 6.91. The van der Waals surface area contributed by atoms with Gasteiger partial charge in [-0.05, 0) is 0 Å². The molecule has 0 fully saturated rings. The fraction of sp³-hybridized carbons (Fsp3) is 0.714. The van der Waals surface area contributed by atoms with Gasteiger partial charge in [-0.25, -0.2) is 0 Å². The number of carbonyl (C=O) groups is 2. The van der Waals surface area contributed by atoms with Crippen LogP contribution in [-0.2, 0) is 9.59 Å². The maximum absolute atomic E-state index is 11.0. The Morgan fingerprint density at radius 3 is 2.64 bits per heavy atom. The molecule has 1 atom stereocenters. The SMILES string of the molecule is CCC(=O)N(C)[C@@H](N)CC=O. The highest BCUT2D eigenvalue weighted by molar-refractivity contribution is 5.76. The summed E-state index contributed by atoms with van der Waals surface area (Å²) < 4.78 is 0. The number of carbonyl (C=O) groups excluding carboxylic acids is 2. The smallest absolute Gasteiger partial charge is 0.223 e. The van der Waals surface area contributed by atoms with Gasteiger partial charge in [0.15, 0.2) is 0 Å². The Balaban J connectivity index is 3.89. The summed E-state index contributed by atoms with van der Waals surface area (Å²) in [5.74, 6) is -0.0423. The number of hydrogen-bond acceptors (Lipinski definition) is 3. The first-order chi connectivity index (χ1) is 5.13. The lowest BCUT2D eigenvalue weighted by molar-refractivity contribution is -0.131. The lowest BCUT2D eigenvalue weighted by Crippen LogP contribution is -2.43. The molecule has 0 aliphatic heterocycles. The van der Waals surface area contributed by atoms with Crippen LogP contribution in [0.2, 0.25) is 0 Å². The van der Waals surface area contributed by atoms with Crippen molar-refractivity contribution in [2.45, 2.75) is 25.9 Å². The topological polar surface area (TPSA) is 63.4 Å². The zero-order chi connectivity index (χ0) is 8.85. The summed E-state index contributed by atoms with van der Waals surface area (Å²) in [4.78, 5) is 22.4. The van der Waals surface area contributed by atoms with Crippen LogP contribution in [0.4, 0.5) is 0 Å². The molecule has 0 aromatic carbocycles. The van der Waals surface area contributed by atoms with Gasteiger partial charge in [-0.1, -0.05) is 6.92 Å². The molecule has 0 bridgehead atoms. The van der Waals surface area contributed by atoms with Crippen molar-refractivity contribution in [1.82, 2.24) is 4.90 Å². The quantitative estimate of drug-likeness (QED) is 0.452. The van der Waals surface area contributed by atoms with E-state index < -0.39 is 6.17 Å². The van der Waals surface area contributed by atoms with E-state index in [1.807, 2.05) is 0 Å². The van der Waals surface area contributed by atoms with Crippen molar-refractivity contribution in [1.29, 1.82) is 0 Å². The third kappa shape index (κ3) is 3.13. The monoisotopic (exact) mass is 158 g/mol. The first-order valence-corrected chi connectivity index (χ1v) is 3.58. The van der Waals surface area contributed by atoms with Gasteiger partial charge in [0.2, 0.25) is 5.91 Å². The lowest BCUT2D eigenvalue weighted by Gasteiger charge is -2.22. The highest BCUT2D eigenvalue weighted by Gasteiger charge is 2.12. The summed E-state index contributed by atoms with van der Waals surface area (Å²) in [5.41, 5.74) is 5.48. The van der Waals surface area contributed by atoms with Gasteiger partial charge in [0.25, 0.3) is 0 Å². The fourth-order valence-corrected chi connectivity index (χ4v) is 0.691. The zero-order valence-corrected chi connectivity index (χ0v) is 6.91. The number of nitrogens with two attached hydrogens (primary N) is 1. The number of aldehydes is 1. The van der Waals surface area contributed by atoms with Crippen molar-refractivity contribution in [2.24, 2.45) is 5.73 Å². The molecule has 0 heterocycles. The largest absolute Gasteiger partial charge is 0.330 e. The van der Waals surface area contributed by atoms with Crippen molar-refractivity contribution in [3.05, 3.63) is 0 Å². The third-order valence-electron chi connectivity index (χ3n) is 1.53. The van der Waals surface area contributed by atoms with Crippen LogP contribution in [0, 0.1) is 0 Å². The molecule has 0 aliphatic rings. The van der Waals surface area contributed by atoms with E-state index in [4.69, 9.17) is 5.73 Å². The van der Waals surface area contributed by atoms with Crippen LogP contribution in [-0.4, -0.2) is 30.3 Å². The lowest BCUT2D eigenvalue weighted by atomic mass is 10.3. The molecule has 0 radical (unpaired) electrons. The Morgan fingerprint density at radius 2 is 2.27 bits per heavy atom. The van der Waals surface area contributed by atoms with E-state index in [2.05, 4.69) is 0 Å². The molecule has 64 valence electrons. The summed E-state index contributed by atoms with van der Waals surface area (Å²) in [6.45, 7) is 1.76. The molecule has 2 N–H and O–H groups in total. The Kier molecular flexibility index (Phi) is 4.45. The van der Waals surface area contributed by atoms with Gasteiger partial charge in [0, 0.05) is 19.9 Å². The maximum atomic E-state index is 11.0. The second-order valence-corrected chi connectivity index (χ2v) is 2.33. The molecule has 0 spiro atoms. The van der Waals surface area contributed by atoms with E-state index in [1.165, 1.54) is 4.90 Å². The van der Waals surface area contributed by atoms with Gasteiger partial charge in [-0.3, -0.25) is 4.79 Å². The van der Waals surface area contributed by atoms with Crippen LogP contribution in [0.25, 0.3) is 0 Å². The van der Waals surface area contributed by atoms with E-state index in [9.17, 15) is 9.59 Å². The second kappa shape index (κ2) is 4.85. The van der Waals surface area contributed by atoms with Crippen molar-refractivity contribution in [3.63, 3.8) is 0 Å². The summed E-state index contributed by atoms with van der Waals surface area (Å²) in [5, 5.41) is 0. The Hall–Kier alpha value is -0.900. The van der Waals surface area contributed by atoms with Gasteiger partial charge in [0.1, 0.15) is 6.29 Å². The Bertz CT molecular complexity index is 147. The maximum Gasteiger partial charge on any atom is 0.223 e. The normalized spacial score (nSPS) is 12.3. The number of rotatable bonds is 4. The van der Waals surface area contributed by atoms with Crippen LogP contribution in [0.5, 0.6) is 0 Å². The minimum absolute atomic E-state index is 0.0423. The minimum atomic E-state index is -0.472. The average molecular weight is 158 g/mol. The molecule has 11 heavy (non-hydrogen) atoms. The van der Waals surface area contributed by atoms with Crippen molar-refractivity contribution >= 4 is 12.2 Å². The van der Waals surface area contributed by atoms with Crippen LogP contribution in [0.1, 0.15) is 19.8 Å². The first kappa shape index (κ1) is 10.1. The minimum Gasteiger partial charge on any atom is -0.330 e. The third-order valence-corrected chi connectivity index (χ3v) is 1.53. The molecule has 4 heteroatoms.